The molecule has 6 nitrogen and oxygen atoms in total. The van der Waals surface area contributed by atoms with E-state index < -0.39 is 10.0 Å². The lowest BCUT2D eigenvalue weighted by molar-refractivity contribution is 0.163. The van der Waals surface area contributed by atoms with Gasteiger partial charge in [-0.05, 0) is 25.1 Å². The van der Waals surface area contributed by atoms with Crippen molar-refractivity contribution < 1.29 is 18.3 Å². The summed E-state index contributed by atoms with van der Waals surface area (Å²) < 4.78 is 30.5. The molecule has 102 valence electrons. The molecule has 0 radical (unpaired) electrons. The predicted molar refractivity (Wildman–Crippen MR) is 69.6 cm³/mol. The van der Waals surface area contributed by atoms with Crippen molar-refractivity contribution in [1.29, 1.82) is 0 Å². The van der Waals surface area contributed by atoms with Gasteiger partial charge >= 0.3 is 0 Å². The molecule has 7 heteroatoms. The highest BCUT2D eigenvalue weighted by atomic mass is 32.2. The van der Waals surface area contributed by atoms with Gasteiger partial charge in [0, 0.05) is 24.4 Å². The minimum Gasteiger partial charge on any atom is -0.508 e. The van der Waals surface area contributed by atoms with Gasteiger partial charge in [-0.1, -0.05) is 0 Å². The first-order chi connectivity index (χ1) is 8.44. The topological polar surface area (TPSA) is 102 Å². The molecule has 1 aromatic rings. The Kier molecular flexibility index (Phi) is 5.39. The van der Waals surface area contributed by atoms with Gasteiger partial charge in [-0.2, -0.15) is 0 Å². The summed E-state index contributed by atoms with van der Waals surface area (Å²) in [6, 6.07) is 4.50. The number of nitrogens with one attached hydrogen (secondary N) is 1. The maximum atomic E-state index is 11.6. The Morgan fingerprint density at radius 2 is 2.17 bits per heavy atom. The molecule has 0 spiro atoms. The minimum atomic E-state index is -3.41. The van der Waals surface area contributed by atoms with Crippen LogP contribution in [0.1, 0.15) is 12.5 Å². The number of sulfonamides is 1. The number of nitrogens with two attached hydrogens (primary N) is 1. The average molecular weight is 274 g/mol. The zero-order valence-electron chi connectivity index (χ0n) is 10.2. The van der Waals surface area contributed by atoms with Crippen LogP contribution in [-0.2, 0) is 21.3 Å². The molecule has 0 aliphatic rings. The Balaban J connectivity index is 2.56. The molecule has 0 bridgehead atoms. The normalized spacial score (nSPS) is 11.6. The molecule has 4 N–H and O–H groups in total. The lowest BCUT2D eigenvalue weighted by atomic mass is 10.2. The molecule has 0 fully saturated rings. The third-order valence-corrected chi connectivity index (χ3v) is 3.57. The van der Waals surface area contributed by atoms with Crippen LogP contribution in [0.25, 0.3) is 0 Å². The Labute approximate surface area is 107 Å². The number of ether oxygens (including phenoxy) is 1. The van der Waals surface area contributed by atoms with Gasteiger partial charge in [-0.3, -0.25) is 0 Å². The van der Waals surface area contributed by atoms with E-state index in [0.717, 1.165) is 0 Å². The van der Waals surface area contributed by atoms with E-state index in [1.165, 1.54) is 12.1 Å². The average Bonchev–Trinajstić information content (AvgIpc) is 2.31. The van der Waals surface area contributed by atoms with E-state index in [1.54, 1.807) is 13.0 Å². The molecule has 0 aromatic heterocycles. The number of benzene rings is 1. The summed E-state index contributed by atoms with van der Waals surface area (Å²) in [5, 5.41) is 9.53. The third kappa shape index (κ3) is 4.91. The van der Waals surface area contributed by atoms with Crippen molar-refractivity contribution in [3.63, 3.8) is 0 Å². The van der Waals surface area contributed by atoms with E-state index in [1.807, 2.05) is 0 Å². The molecule has 18 heavy (non-hydrogen) atoms. The van der Waals surface area contributed by atoms with Crippen LogP contribution in [0, 0.1) is 0 Å². The highest BCUT2D eigenvalue weighted by Crippen LogP contribution is 2.19. The van der Waals surface area contributed by atoms with Gasteiger partial charge in [0.1, 0.15) is 5.75 Å². The van der Waals surface area contributed by atoms with E-state index in [0.29, 0.717) is 17.9 Å². The second kappa shape index (κ2) is 6.58. The van der Waals surface area contributed by atoms with Gasteiger partial charge < -0.3 is 15.6 Å². The fourth-order valence-corrected chi connectivity index (χ4v) is 2.18. The van der Waals surface area contributed by atoms with Gasteiger partial charge in [-0.15, -0.1) is 0 Å². The number of anilines is 1. The van der Waals surface area contributed by atoms with E-state index >= 15 is 0 Å². The summed E-state index contributed by atoms with van der Waals surface area (Å²) >= 11 is 0. The van der Waals surface area contributed by atoms with Crippen LogP contribution in [-0.4, -0.2) is 32.5 Å². The second-order valence-electron chi connectivity index (χ2n) is 3.73. The molecule has 1 aromatic carbocycles. The summed E-state index contributed by atoms with van der Waals surface area (Å²) in [5.74, 6) is -0.0964. The van der Waals surface area contributed by atoms with Gasteiger partial charge in [0.2, 0.25) is 10.0 Å². The number of hydrogen-bond donors (Lipinski definition) is 3. The quantitative estimate of drug-likeness (QED) is 0.380. The van der Waals surface area contributed by atoms with E-state index in [9.17, 15) is 13.5 Å². The number of aromatic hydroxyl groups is 1. The highest BCUT2D eigenvalue weighted by molar-refractivity contribution is 7.89. The monoisotopic (exact) mass is 274 g/mol. The van der Waals surface area contributed by atoms with Gasteiger partial charge in [0.15, 0.2) is 0 Å². The molecule has 0 heterocycles. The van der Waals surface area contributed by atoms with Crippen LogP contribution in [0.15, 0.2) is 18.2 Å². The zero-order chi connectivity index (χ0) is 13.6. The van der Waals surface area contributed by atoms with Crippen molar-refractivity contribution in [2.24, 2.45) is 0 Å². The number of rotatable bonds is 7. The Morgan fingerprint density at radius 3 is 2.83 bits per heavy atom. The second-order valence-corrected chi connectivity index (χ2v) is 5.65. The summed E-state index contributed by atoms with van der Waals surface area (Å²) in [4.78, 5) is 0. The first-order valence-electron chi connectivity index (χ1n) is 5.57. The molecule has 1 rings (SSSR count). The van der Waals surface area contributed by atoms with Crippen LogP contribution >= 0.6 is 0 Å². The van der Waals surface area contributed by atoms with Crippen molar-refractivity contribution >= 4 is 15.7 Å². The molecule has 0 aliphatic heterocycles. The number of phenols is 1. The smallest absolute Gasteiger partial charge is 0.214 e. The van der Waals surface area contributed by atoms with Crippen molar-refractivity contribution in [3.8, 4) is 5.75 Å². The maximum Gasteiger partial charge on any atom is 0.214 e. The van der Waals surface area contributed by atoms with E-state index in [4.69, 9.17) is 10.5 Å². The standard InChI is InChI=1S/C11H18N2O4S/c1-2-17-5-6-18(15,16)13-8-9-7-10(12)3-4-11(9)14/h3-4,7,13-14H,2,5-6,8,12H2,1H3. The number of hydrogen-bond acceptors (Lipinski definition) is 5. The van der Waals surface area contributed by atoms with Crippen molar-refractivity contribution in [3.05, 3.63) is 23.8 Å². The first-order valence-corrected chi connectivity index (χ1v) is 7.22. The van der Waals surface area contributed by atoms with Crippen LogP contribution in [0.4, 0.5) is 5.69 Å². The molecule has 0 amide bonds. The lowest BCUT2D eigenvalue weighted by Crippen LogP contribution is -2.28. The molecule has 0 saturated heterocycles. The first kappa shape index (κ1) is 14.7. The highest BCUT2D eigenvalue weighted by Gasteiger charge is 2.11. The van der Waals surface area contributed by atoms with Crippen molar-refractivity contribution in [1.82, 2.24) is 4.72 Å². The van der Waals surface area contributed by atoms with Crippen LogP contribution in [0.5, 0.6) is 5.75 Å². The van der Waals surface area contributed by atoms with E-state index in [2.05, 4.69) is 4.72 Å². The maximum absolute atomic E-state index is 11.6. The number of phenolic OH excluding ortho intramolecular Hbond substituents is 1. The van der Waals surface area contributed by atoms with E-state index in [-0.39, 0.29) is 24.7 Å². The molecule has 0 aliphatic carbocycles. The molecular weight excluding hydrogens is 256 g/mol. The number of nitrogen functional groups attached to an aromatic ring is 1. The third-order valence-electron chi connectivity index (χ3n) is 2.29. The summed E-state index contributed by atoms with van der Waals surface area (Å²) in [6.45, 7) is 2.43. The molecule has 0 unspecified atom stereocenters. The Bertz CT molecular complexity index is 488. The van der Waals surface area contributed by atoms with Crippen molar-refractivity contribution in [2.75, 3.05) is 24.7 Å². The van der Waals surface area contributed by atoms with Crippen LogP contribution < -0.4 is 10.5 Å². The Morgan fingerprint density at radius 1 is 1.44 bits per heavy atom. The summed E-state index contributed by atoms with van der Waals surface area (Å²) in [5.41, 5.74) is 6.47. The fourth-order valence-electron chi connectivity index (χ4n) is 1.32. The zero-order valence-corrected chi connectivity index (χ0v) is 11.0. The van der Waals surface area contributed by atoms with Crippen LogP contribution in [0.2, 0.25) is 0 Å². The summed E-state index contributed by atoms with van der Waals surface area (Å²) in [6.07, 6.45) is 0. The van der Waals surface area contributed by atoms with Gasteiger partial charge in [-0.25, -0.2) is 13.1 Å². The van der Waals surface area contributed by atoms with Crippen LogP contribution in [0.3, 0.4) is 0 Å². The fraction of sp³-hybridized carbons (Fsp3) is 0.455. The van der Waals surface area contributed by atoms with Gasteiger partial charge in [0.25, 0.3) is 0 Å². The molecule has 0 saturated carbocycles. The van der Waals surface area contributed by atoms with Crippen molar-refractivity contribution in [2.45, 2.75) is 13.5 Å². The lowest BCUT2D eigenvalue weighted by Gasteiger charge is -2.08. The largest absolute Gasteiger partial charge is 0.508 e. The predicted octanol–water partition coefficient (Wildman–Crippen LogP) is 0.430. The van der Waals surface area contributed by atoms with Gasteiger partial charge in [0.05, 0.1) is 12.4 Å². The summed E-state index contributed by atoms with van der Waals surface area (Å²) in [7, 11) is -3.41. The minimum absolute atomic E-state index is 0.00529. The Hall–Kier alpha value is -1.31. The molecule has 0 atom stereocenters. The SMILES string of the molecule is CCOCCS(=O)(=O)NCc1cc(N)ccc1O. The molecular formula is C11H18N2O4S.